The number of hydrogen-bond acceptors (Lipinski definition) is 3. The van der Waals surface area contributed by atoms with Gasteiger partial charge < -0.3 is 4.90 Å². The van der Waals surface area contributed by atoms with Gasteiger partial charge in [0.05, 0.1) is 10.2 Å². The molecule has 0 spiro atoms. The second-order valence-corrected chi connectivity index (χ2v) is 9.53. The minimum absolute atomic E-state index is 0.0202. The molecular formula is C24H25FN2OS. The third kappa shape index (κ3) is 3.35. The smallest absolute Gasteiger partial charge is 0.224 e. The molecule has 2 aromatic carbocycles. The Kier molecular flexibility index (Phi) is 4.66. The Labute approximate surface area is 174 Å². The second kappa shape index (κ2) is 7.21. The normalized spacial score (nSPS) is 26.9. The van der Waals surface area contributed by atoms with Crippen molar-refractivity contribution in [2.24, 2.45) is 0 Å². The van der Waals surface area contributed by atoms with E-state index in [2.05, 4.69) is 25.1 Å². The fraction of sp³-hybridized carbons (Fsp3) is 0.417. The van der Waals surface area contributed by atoms with E-state index in [0.717, 1.165) is 27.2 Å². The van der Waals surface area contributed by atoms with Crippen LogP contribution in [0.15, 0.2) is 54.6 Å². The summed E-state index contributed by atoms with van der Waals surface area (Å²) >= 11 is 1.66. The molecule has 1 amide bonds. The summed E-state index contributed by atoms with van der Waals surface area (Å²) in [6.45, 7) is 2.06. The first kappa shape index (κ1) is 18.7. The van der Waals surface area contributed by atoms with Crippen LogP contribution in [0.4, 0.5) is 4.39 Å². The van der Waals surface area contributed by atoms with E-state index in [-0.39, 0.29) is 23.9 Å². The van der Waals surface area contributed by atoms with E-state index in [1.807, 2.05) is 41.3 Å². The van der Waals surface area contributed by atoms with Gasteiger partial charge in [-0.3, -0.25) is 4.79 Å². The lowest BCUT2D eigenvalue weighted by molar-refractivity contribution is -0.160. The van der Waals surface area contributed by atoms with Gasteiger partial charge in [-0.1, -0.05) is 49.4 Å². The van der Waals surface area contributed by atoms with E-state index in [1.54, 1.807) is 11.3 Å². The quantitative estimate of drug-likeness (QED) is 0.542. The Hall–Kier alpha value is -2.27. The van der Waals surface area contributed by atoms with Gasteiger partial charge in [-0.15, -0.1) is 11.3 Å². The molecule has 0 N–H and O–H groups in total. The maximum Gasteiger partial charge on any atom is 0.224 e. The van der Waals surface area contributed by atoms with Crippen molar-refractivity contribution >= 4 is 27.5 Å². The molecule has 2 saturated heterocycles. The summed E-state index contributed by atoms with van der Waals surface area (Å²) in [7, 11) is 0. The number of fused-ring (bicyclic) bond motifs is 3. The minimum atomic E-state index is -1.03. The van der Waals surface area contributed by atoms with Crippen LogP contribution in [0.1, 0.15) is 55.5 Å². The lowest BCUT2D eigenvalue weighted by Crippen LogP contribution is -2.65. The van der Waals surface area contributed by atoms with Crippen LogP contribution >= 0.6 is 11.3 Å². The van der Waals surface area contributed by atoms with Crippen LogP contribution < -0.4 is 0 Å². The molecule has 3 nitrogen and oxygen atoms in total. The summed E-state index contributed by atoms with van der Waals surface area (Å²) in [5.74, 6) is 0.0625. The number of para-hydroxylation sites is 1. The number of halogens is 1. The molecule has 2 aliphatic heterocycles. The molecule has 2 atom stereocenters. The Morgan fingerprint density at radius 3 is 2.62 bits per heavy atom. The highest BCUT2D eigenvalue weighted by molar-refractivity contribution is 7.18. The van der Waals surface area contributed by atoms with Crippen LogP contribution in [-0.2, 0) is 4.79 Å². The first-order chi connectivity index (χ1) is 14.1. The number of nitrogens with zero attached hydrogens (tertiary/aromatic N) is 2. The first-order valence-corrected chi connectivity index (χ1v) is 11.3. The van der Waals surface area contributed by atoms with Crippen molar-refractivity contribution in [3.63, 3.8) is 0 Å². The van der Waals surface area contributed by atoms with Crippen molar-refractivity contribution in [1.82, 2.24) is 9.88 Å². The van der Waals surface area contributed by atoms with Crippen molar-refractivity contribution < 1.29 is 9.18 Å². The maximum absolute atomic E-state index is 14.6. The predicted octanol–water partition coefficient (Wildman–Crippen LogP) is 5.70. The topological polar surface area (TPSA) is 33.2 Å². The molecule has 3 aromatic rings. The summed E-state index contributed by atoms with van der Waals surface area (Å²) in [4.78, 5) is 20.3. The van der Waals surface area contributed by atoms with Gasteiger partial charge in [-0.25, -0.2) is 9.37 Å². The van der Waals surface area contributed by atoms with Gasteiger partial charge in [0.1, 0.15) is 10.7 Å². The number of thiazole rings is 1. The van der Waals surface area contributed by atoms with Crippen molar-refractivity contribution in [2.75, 3.05) is 0 Å². The SMILES string of the molecule is CCC1CC2(F)CC(C2)N1C(=O)CC(c1ccccc1)c1nc2ccccc2s1. The number of carbonyl (C=O) groups excluding carboxylic acids is 1. The Balaban J connectivity index is 1.46. The monoisotopic (exact) mass is 408 g/mol. The zero-order valence-electron chi connectivity index (χ0n) is 16.6. The van der Waals surface area contributed by atoms with Gasteiger partial charge in [0, 0.05) is 43.7 Å². The summed E-state index contributed by atoms with van der Waals surface area (Å²) in [6.07, 6.45) is 2.70. The summed E-state index contributed by atoms with van der Waals surface area (Å²) < 4.78 is 15.7. The van der Waals surface area contributed by atoms with Crippen molar-refractivity contribution in [2.45, 2.75) is 62.7 Å². The highest BCUT2D eigenvalue weighted by Crippen LogP contribution is 2.50. The number of piperidine rings is 2. The van der Waals surface area contributed by atoms with Gasteiger partial charge in [0.2, 0.25) is 5.91 Å². The van der Waals surface area contributed by atoms with E-state index >= 15 is 0 Å². The molecule has 29 heavy (non-hydrogen) atoms. The van der Waals surface area contributed by atoms with Crippen LogP contribution in [-0.4, -0.2) is 33.5 Å². The van der Waals surface area contributed by atoms with E-state index in [0.29, 0.717) is 25.7 Å². The highest BCUT2D eigenvalue weighted by atomic mass is 32.1. The zero-order chi connectivity index (χ0) is 20.0. The molecule has 1 saturated carbocycles. The Bertz CT molecular complexity index is 995. The number of benzene rings is 2. The summed E-state index contributed by atoms with van der Waals surface area (Å²) in [6, 6.07) is 18.4. The van der Waals surface area contributed by atoms with Gasteiger partial charge in [-0.2, -0.15) is 0 Å². The lowest BCUT2D eigenvalue weighted by atomic mass is 9.67. The largest absolute Gasteiger partial charge is 0.336 e. The van der Waals surface area contributed by atoms with Gasteiger partial charge in [-0.05, 0) is 24.1 Å². The van der Waals surface area contributed by atoms with E-state index < -0.39 is 5.67 Å². The van der Waals surface area contributed by atoms with E-state index in [1.165, 1.54) is 0 Å². The van der Waals surface area contributed by atoms with Crippen LogP contribution in [0.2, 0.25) is 0 Å². The molecule has 3 aliphatic rings. The molecule has 3 heterocycles. The second-order valence-electron chi connectivity index (χ2n) is 8.47. The van der Waals surface area contributed by atoms with Crippen LogP contribution in [0.3, 0.4) is 0 Å². The third-order valence-electron chi connectivity index (χ3n) is 6.54. The summed E-state index contributed by atoms with van der Waals surface area (Å²) in [5.41, 5.74) is 1.05. The number of rotatable bonds is 5. The van der Waals surface area contributed by atoms with Gasteiger partial charge in [0.25, 0.3) is 0 Å². The number of amides is 1. The molecular weight excluding hydrogens is 383 g/mol. The molecule has 1 aromatic heterocycles. The van der Waals surface area contributed by atoms with Crippen molar-refractivity contribution in [1.29, 1.82) is 0 Å². The average molecular weight is 409 g/mol. The number of alkyl halides is 1. The van der Waals surface area contributed by atoms with E-state index in [9.17, 15) is 9.18 Å². The first-order valence-electron chi connectivity index (χ1n) is 10.5. The van der Waals surface area contributed by atoms with Crippen molar-refractivity contribution in [3.05, 3.63) is 65.2 Å². The molecule has 5 heteroatoms. The highest BCUT2D eigenvalue weighted by Gasteiger charge is 2.56. The van der Waals surface area contributed by atoms with Crippen LogP contribution in [0.5, 0.6) is 0 Å². The van der Waals surface area contributed by atoms with Gasteiger partial charge in [0.15, 0.2) is 0 Å². The van der Waals surface area contributed by atoms with Crippen LogP contribution in [0.25, 0.3) is 10.2 Å². The molecule has 150 valence electrons. The predicted molar refractivity (Wildman–Crippen MR) is 115 cm³/mol. The molecule has 3 fully saturated rings. The fourth-order valence-electron chi connectivity index (χ4n) is 5.07. The summed E-state index contributed by atoms with van der Waals surface area (Å²) in [5, 5.41) is 0.976. The molecule has 6 rings (SSSR count). The minimum Gasteiger partial charge on any atom is -0.336 e. The average Bonchev–Trinajstić information content (AvgIpc) is 3.15. The van der Waals surface area contributed by atoms with E-state index in [4.69, 9.17) is 4.98 Å². The molecule has 2 unspecified atom stereocenters. The number of hydrogen-bond donors (Lipinski definition) is 0. The Morgan fingerprint density at radius 1 is 1.17 bits per heavy atom. The van der Waals surface area contributed by atoms with Crippen LogP contribution in [0, 0.1) is 0 Å². The van der Waals surface area contributed by atoms with Crippen molar-refractivity contribution in [3.8, 4) is 0 Å². The molecule has 2 bridgehead atoms. The number of aromatic nitrogens is 1. The standard InChI is InChI=1S/C24H25FN2OS/c1-2-17-13-24(25)14-18(15-24)27(17)22(28)12-19(16-8-4-3-5-9-16)23-26-20-10-6-7-11-21(20)29-23/h3-11,17-19H,2,12-15H2,1H3. The number of carbonyl (C=O) groups is 1. The maximum atomic E-state index is 14.6. The van der Waals surface area contributed by atoms with Gasteiger partial charge >= 0.3 is 0 Å². The zero-order valence-corrected chi connectivity index (χ0v) is 17.4. The third-order valence-corrected chi connectivity index (χ3v) is 7.69. The fourth-order valence-corrected chi connectivity index (χ4v) is 6.16. The molecule has 1 aliphatic carbocycles. The lowest BCUT2D eigenvalue weighted by Gasteiger charge is -2.57. The molecule has 0 radical (unpaired) electrons. The Morgan fingerprint density at radius 2 is 1.90 bits per heavy atom.